The maximum atomic E-state index is 11.9. The van der Waals surface area contributed by atoms with E-state index < -0.39 is 6.10 Å². The third kappa shape index (κ3) is 5.17. The summed E-state index contributed by atoms with van der Waals surface area (Å²) in [5, 5.41) is 16.4. The van der Waals surface area contributed by atoms with Crippen LogP contribution in [0.3, 0.4) is 0 Å². The van der Waals surface area contributed by atoms with Crippen LogP contribution in [0, 0.1) is 5.92 Å². The summed E-state index contributed by atoms with van der Waals surface area (Å²) in [6.07, 6.45) is -0.0294. The Kier molecular flexibility index (Phi) is 5.87. The predicted octanol–water partition coefficient (Wildman–Crippen LogP) is 2.24. The number of benzene rings is 1. The molecule has 1 aromatic carbocycles. The number of amides is 1. The molecule has 23 heavy (non-hydrogen) atoms. The molecule has 2 atom stereocenters. The highest BCUT2D eigenvalue weighted by Crippen LogP contribution is 2.13. The van der Waals surface area contributed by atoms with Gasteiger partial charge in [0.2, 0.25) is 11.8 Å². The first-order valence-electron chi connectivity index (χ1n) is 7.79. The number of hydrogen-bond donors (Lipinski definition) is 2. The van der Waals surface area contributed by atoms with Crippen molar-refractivity contribution < 1.29 is 14.4 Å². The summed E-state index contributed by atoms with van der Waals surface area (Å²) < 4.78 is 5.23. The number of aliphatic hydroxyl groups excluding tert-OH is 1. The fourth-order valence-corrected chi connectivity index (χ4v) is 2.08. The smallest absolute Gasteiger partial charge is 0.231 e. The number of nitrogens with one attached hydrogen (secondary N) is 1. The zero-order valence-electron chi connectivity index (χ0n) is 13.7. The van der Waals surface area contributed by atoms with E-state index in [1.54, 1.807) is 6.92 Å². The maximum absolute atomic E-state index is 11.9. The Morgan fingerprint density at radius 3 is 2.61 bits per heavy atom. The van der Waals surface area contributed by atoms with Crippen molar-refractivity contribution in [1.29, 1.82) is 0 Å². The van der Waals surface area contributed by atoms with E-state index in [4.69, 9.17) is 4.52 Å². The number of aliphatic hydroxyl groups is 1. The average molecular weight is 317 g/mol. The molecule has 0 spiro atoms. The van der Waals surface area contributed by atoms with Gasteiger partial charge in [0.1, 0.15) is 0 Å². The first-order valence-corrected chi connectivity index (χ1v) is 7.79. The molecule has 1 amide bonds. The van der Waals surface area contributed by atoms with Crippen LogP contribution in [0.15, 0.2) is 34.9 Å². The van der Waals surface area contributed by atoms with E-state index in [1.807, 2.05) is 44.2 Å². The number of carbonyl (C=O) groups is 1. The summed E-state index contributed by atoms with van der Waals surface area (Å²) in [4.78, 5) is 16.2. The van der Waals surface area contributed by atoms with E-state index in [2.05, 4.69) is 15.5 Å². The van der Waals surface area contributed by atoms with E-state index in [9.17, 15) is 9.90 Å². The van der Waals surface area contributed by atoms with Crippen LogP contribution < -0.4 is 5.32 Å². The van der Waals surface area contributed by atoms with E-state index in [0.717, 1.165) is 5.56 Å². The zero-order valence-corrected chi connectivity index (χ0v) is 13.7. The Bertz CT molecular complexity index is 625. The molecule has 6 nitrogen and oxygen atoms in total. The Labute approximate surface area is 135 Å². The fourth-order valence-electron chi connectivity index (χ4n) is 2.08. The molecule has 0 aliphatic rings. The van der Waals surface area contributed by atoms with Gasteiger partial charge in [-0.1, -0.05) is 49.3 Å². The molecule has 0 radical (unpaired) electrons. The number of aromatic nitrogens is 2. The predicted molar refractivity (Wildman–Crippen MR) is 85.6 cm³/mol. The van der Waals surface area contributed by atoms with Crippen LogP contribution in [0.25, 0.3) is 0 Å². The van der Waals surface area contributed by atoms with Gasteiger partial charge < -0.3 is 14.9 Å². The zero-order chi connectivity index (χ0) is 16.8. The first-order chi connectivity index (χ1) is 11.0. The van der Waals surface area contributed by atoms with Gasteiger partial charge in [-0.2, -0.15) is 4.98 Å². The highest BCUT2D eigenvalue weighted by molar-refractivity contribution is 5.76. The summed E-state index contributed by atoms with van der Waals surface area (Å²) >= 11 is 0. The molecule has 1 heterocycles. The maximum Gasteiger partial charge on any atom is 0.231 e. The summed E-state index contributed by atoms with van der Waals surface area (Å²) in [6.45, 7) is 5.53. The van der Waals surface area contributed by atoms with Gasteiger partial charge in [0.05, 0.1) is 25.0 Å². The van der Waals surface area contributed by atoms with E-state index >= 15 is 0 Å². The SMILES string of the molecule is CC(NC(=O)CC(O)C(C)C)c1noc(Cc2ccccc2)n1. The molecule has 2 N–H and O–H groups in total. The second-order valence-electron chi connectivity index (χ2n) is 6.01. The normalized spacial score (nSPS) is 13.8. The monoisotopic (exact) mass is 317 g/mol. The van der Waals surface area contributed by atoms with Crippen LogP contribution in [0.2, 0.25) is 0 Å². The first kappa shape index (κ1) is 17.1. The van der Waals surface area contributed by atoms with Crippen LogP contribution in [0.4, 0.5) is 0 Å². The van der Waals surface area contributed by atoms with Crippen LogP contribution >= 0.6 is 0 Å². The van der Waals surface area contributed by atoms with Gasteiger partial charge in [-0.15, -0.1) is 0 Å². The minimum atomic E-state index is -0.652. The van der Waals surface area contributed by atoms with Crippen molar-refractivity contribution in [2.45, 2.75) is 45.8 Å². The highest BCUT2D eigenvalue weighted by atomic mass is 16.5. The van der Waals surface area contributed by atoms with E-state index in [1.165, 1.54) is 0 Å². The molecule has 0 saturated carbocycles. The Morgan fingerprint density at radius 2 is 1.96 bits per heavy atom. The van der Waals surface area contributed by atoms with Gasteiger partial charge in [-0.3, -0.25) is 4.79 Å². The second kappa shape index (κ2) is 7.87. The van der Waals surface area contributed by atoms with Crippen molar-refractivity contribution in [1.82, 2.24) is 15.5 Å². The van der Waals surface area contributed by atoms with Crippen LogP contribution in [-0.2, 0) is 11.2 Å². The second-order valence-corrected chi connectivity index (χ2v) is 6.01. The van der Waals surface area contributed by atoms with Gasteiger partial charge in [-0.05, 0) is 18.4 Å². The van der Waals surface area contributed by atoms with Crippen LogP contribution in [0.5, 0.6) is 0 Å². The molecule has 0 fully saturated rings. The van der Waals surface area contributed by atoms with Crippen molar-refractivity contribution in [3.63, 3.8) is 0 Å². The van der Waals surface area contributed by atoms with Gasteiger partial charge in [0, 0.05) is 0 Å². The third-order valence-electron chi connectivity index (χ3n) is 3.61. The van der Waals surface area contributed by atoms with Crippen molar-refractivity contribution >= 4 is 5.91 Å². The Hall–Kier alpha value is -2.21. The number of hydrogen-bond acceptors (Lipinski definition) is 5. The average Bonchev–Trinajstić information content (AvgIpc) is 2.96. The molecule has 124 valence electrons. The fraction of sp³-hybridized carbons (Fsp3) is 0.471. The highest BCUT2D eigenvalue weighted by Gasteiger charge is 2.19. The molecule has 6 heteroatoms. The summed E-state index contributed by atoms with van der Waals surface area (Å²) in [6, 6.07) is 9.47. The Morgan fingerprint density at radius 1 is 1.26 bits per heavy atom. The number of rotatable bonds is 7. The van der Waals surface area contributed by atoms with Gasteiger partial charge in [-0.25, -0.2) is 0 Å². The molecule has 2 unspecified atom stereocenters. The minimum Gasteiger partial charge on any atom is -0.392 e. The summed E-state index contributed by atoms with van der Waals surface area (Å²) in [5.74, 6) is 0.754. The quantitative estimate of drug-likeness (QED) is 0.817. The minimum absolute atomic E-state index is 0.0405. The van der Waals surface area contributed by atoms with Crippen molar-refractivity contribution in [2.24, 2.45) is 5.92 Å². The summed E-state index contributed by atoms with van der Waals surface area (Å²) in [5.41, 5.74) is 1.08. The topological polar surface area (TPSA) is 88.2 Å². The van der Waals surface area contributed by atoms with E-state index in [0.29, 0.717) is 18.1 Å². The van der Waals surface area contributed by atoms with Gasteiger partial charge >= 0.3 is 0 Å². The van der Waals surface area contributed by atoms with Gasteiger partial charge in [0.25, 0.3) is 0 Å². The lowest BCUT2D eigenvalue weighted by molar-refractivity contribution is -0.124. The lowest BCUT2D eigenvalue weighted by Gasteiger charge is -2.15. The number of nitrogens with zero attached hydrogens (tertiary/aromatic N) is 2. The molecule has 2 aromatic rings. The molecular formula is C17H23N3O3. The molecule has 1 aromatic heterocycles. The van der Waals surface area contributed by atoms with E-state index in [-0.39, 0.29) is 24.3 Å². The van der Waals surface area contributed by atoms with Gasteiger partial charge in [0.15, 0.2) is 5.82 Å². The van der Waals surface area contributed by atoms with Crippen molar-refractivity contribution in [3.8, 4) is 0 Å². The molecule has 0 bridgehead atoms. The molecule has 0 saturated heterocycles. The lowest BCUT2D eigenvalue weighted by Crippen LogP contribution is -2.31. The van der Waals surface area contributed by atoms with Crippen LogP contribution in [-0.4, -0.2) is 27.3 Å². The van der Waals surface area contributed by atoms with Crippen molar-refractivity contribution in [3.05, 3.63) is 47.6 Å². The van der Waals surface area contributed by atoms with Crippen molar-refractivity contribution in [2.75, 3.05) is 0 Å². The largest absolute Gasteiger partial charge is 0.392 e. The van der Waals surface area contributed by atoms with Crippen LogP contribution in [0.1, 0.15) is 50.5 Å². The molecular weight excluding hydrogens is 294 g/mol. The lowest BCUT2D eigenvalue weighted by atomic mass is 10.0. The third-order valence-corrected chi connectivity index (χ3v) is 3.61. The molecule has 2 rings (SSSR count). The summed E-state index contributed by atoms with van der Waals surface area (Å²) in [7, 11) is 0. The molecule has 0 aliphatic carbocycles. The Balaban J connectivity index is 1.90. The molecule has 0 aliphatic heterocycles. The number of carbonyl (C=O) groups excluding carboxylic acids is 1. The standard InChI is InChI=1S/C17H23N3O3/c1-11(2)14(21)10-15(22)18-12(3)17-19-16(23-20-17)9-13-7-5-4-6-8-13/h4-8,11-12,14,21H,9-10H2,1-3H3,(H,18,22).